The van der Waals surface area contributed by atoms with Crippen molar-refractivity contribution in [1.82, 2.24) is 14.3 Å². The summed E-state index contributed by atoms with van der Waals surface area (Å²) >= 11 is 0. The van der Waals surface area contributed by atoms with E-state index in [1.165, 1.54) is 22.7 Å². The van der Waals surface area contributed by atoms with E-state index in [0.717, 1.165) is 16.6 Å². The van der Waals surface area contributed by atoms with Gasteiger partial charge in [-0.3, -0.25) is 0 Å². The Bertz CT molecular complexity index is 1090. The molecule has 3 aromatic rings. The van der Waals surface area contributed by atoms with Gasteiger partial charge >= 0.3 is 0 Å². The molecule has 6 nitrogen and oxygen atoms in total. The highest BCUT2D eigenvalue weighted by Gasteiger charge is 2.35. The van der Waals surface area contributed by atoms with Gasteiger partial charge in [-0.2, -0.15) is 0 Å². The summed E-state index contributed by atoms with van der Waals surface area (Å²) in [5.74, 6) is 0.332. The van der Waals surface area contributed by atoms with Crippen LogP contribution in [0.4, 0.5) is 4.39 Å². The second kappa shape index (κ2) is 6.07. The van der Waals surface area contributed by atoms with E-state index < -0.39 is 10.0 Å². The molecule has 26 heavy (non-hydrogen) atoms. The Kier molecular flexibility index (Phi) is 3.96. The summed E-state index contributed by atoms with van der Waals surface area (Å²) in [6.45, 7) is 0.897. The predicted octanol–water partition coefficient (Wildman–Crippen LogP) is 2.74. The molecule has 2 aromatic heterocycles. The van der Waals surface area contributed by atoms with Crippen molar-refractivity contribution >= 4 is 21.1 Å². The van der Waals surface area contributed by atoms with Crippen molar-refractivity contribution in [3.05, 3.63) is 48.0 Å². The van der Waals surface area contributed by atoms with E-state index in [1.54, 1.807) is 19.4 Å². The fourth-order valence-electron chi connectivity index (χ4n) is 3.30. The average molecular weight is 375 g/mol. The molecular formula is C18H18FN3O3S. The number of aromatic nitrogens is 2. The summed E-state index contributed by atoms with van der Waals surface area (Å²) < 4.78 is 43.7. The van der Waals surface area contributed by atoms with E-state index >= 15 is 0 Å². The van der Waals surface area contributed by atoms with Gasteiger partial charge < -0.3 is 9.72 Å². The Morgan fingerprint density at radius 2 is 2.00 bits per heavy atom. The number of fused-ring (bicyclic) bond motifs is 1. The van der Waals surface area contributed by atoms with E-state index in [4.69, 9.17) is 4.74 Å². The molecule has 3 heterocycles. The van der Waals surface area contributed by atoms with Crippen molar-refractivity contribution in [1.29, 1.82) is 0 Å². The van der Waals surface area contributed by atoms with Crippen LogP contribution in [0.15, 0.2) is 36.5 Å². The molecule has 0 unspecified atom stereocenters. The molecule has 0 radical (unpaired) electrons. The molecule has 136 valence electrons. The SMILES string of the molecule is COc1ccc(F)cc1-c1ccnc2[nH]c(C3CN(S(C)(=O)=O)C3)cc12. The van der Waals surface area contributed by atoms with Crippen molar-refractivity contribution in [2.24, 2.45) is 0 Å². The fraction of sp³-hybridized carbons (Fsp3) is 0.278. The van der Waals surface area contributed by atoms with Crippen LogP contribution in [0, 0.1) is 5.82 Å². The summed E-state index contributed by atoms with van der Waals surface area (Å²) in [7, 11) is -1.61. The zero-order valence-electron chi connectivity index (χ0n) is 14.4. The number of rotatable bonds is 4. The minimum absolute atomic E-state index is 0.0983. The molecule has 1 fully saturated rings. The Morgan fingerprint density at radius 1 is 1.23 bits per heavy atom. The minimum atomic E-state index is -3.16. The van der Waals surface area contributed by atoms with Gasteiger partial charge in [0, 0.05) is 41.8 Å². The third kappa shape index (κ3) is 2.85. The lowest BCUT2D eigenvalue weighted by atomic mass is 9.98. The second-order valence-electron chi connectivity index (χ2n) is 6.47. The van der Waals surface area contributed by atoms with E-state index in [0.29, 0.717) is 30.0 Å². The zero-order chi connectivity index (χ0) is 18.5. The van der Waals surface area contributed by atoms with Crippen LogP contribution < -0.4 is 4.74 Å². The zero-order valence-corrected chi connectivity index (χ0v) is 15.2. The van der Waals surface area contributed by atoms with Crippen molar-refractivity contribution in [2.75, 3.05) is 26.5 Å². The largest absolute Gasteiger partial charge is 0.496 e. The number of sulfonamides is 1. The van der Waals surface area contributed by atoms with Gasteiger partial charge in [0.15, 0.2) is 0 Å². The lowest BCUT2D eigenvalue weighted by Gasteiger charge is -2.36. The highest BCUT2D eigenvalue weighted by atomic mass is 32.2. The molecule has 1 aliphatic rings. The van der Waals surface area contributed by atoms with Crippen molar-refractivity contribution in [3.8, 4) is 16.9 Å². The molecular weight excluding hydrogens is 357 g/mol. The van der Waals surface area contributed by atoms with Gasteiger partial charge in [0.1, 0.15) is 17.2 Å². The standard InChI is InChI=1S/C18H18FN3O3S/c1-25-17-4-3-12(19)7-14(17)13-5-6-20-18-15(13)8-16(21-18)11-9-22(10-11)26(2,23)24/h3-8,11H,9-10H2,1-2H3,(H,20,21). The number of hydrogen-bond donors (Lipinski definition) is 1. The van der Waals surface area contributed by atoms with Crippen LogP contribution >= 0.6 is 0 Å². The molecule has 0 bridgehead atoms. The molecule has 0 aliphatic carbocycles. The van der Waals surface area contributed by atoms with Gasteiger partial charge in [0.2, 0.25) is 10.0 Å². The highest BCUT2D eigenvalue weighted by Crippen LogP contribution is 2.37. The summed E-state index contributed by atoms with van der Waals surface area (Å²) in [4.78, 5) is 7.62. The molecule has 1 N–H and O–H groups in total. The number of aromatic amines is 1. The van der Waals surface area contributed by atoms with Gasteiger partial charge in [-0.05, 0) is 35.9 Å². The van der Waals surface area contributed by atoms with Crippen LogP contribution in [0.3, 0.4) is 0 Å². The monoisotopic (exact) mass is 375 g/mol. The van der Waals surface area contributed by atoms with Crippen molar-refractivity contribution in [3.63, 3.8) is 0 Å². The molecule has 8 heteroatoms. The summed E-state index contributed by atoms with van der Waals surface area (Å²) in [5, 5.41) is 0.851. The first-order chi connectivity index (χ1) is 12.4. The maximum Gasteiger partial charge on any atom is 0.211 e. The van der Waals surface area contributed by atoms with E-state index in [2.05, 4.69) is 9.97 Å². The average Bonchev–Trinajstić information content (AvgIpc) is 2.95. The normalized spacial score (nSPS) is 16.0. The minimum Gasteiger partial charge on any atom is -0.496 e. The van der Waals surface area contributed by atoms with Crippen molar-refractivity contribution < 1.29 is 17.5 Å². The van der Waals surface area contributed by atoms with Crippen LogP contribution in [-0.2, 0) is 10.0 Å². The number of ether oxygens (including phenoxy) is 1. The first-order valence-corrected chi connectivity index (χ1v) is 9.98. The summed E-state index contributed by atoms with van der Waals surface area (Å²) in [5.41, 5.74) is 3.07. The van der Waals surface area contributed by atoms with Gasteiger partial charge in [-0.15, -0.1) is 0 Å². The molecule has 0 atom stereocenters. The Morgan fingerprint density at radius 3 is 2.69 bits per heavy atom. The van der Waals surface area contributed by atoms with E-state index in [-0.39, 0.29) is 11.7 Å². The number of nitrogens with zero attached hydrogens (tertiary/aromatic N) is 2. The Hall–Kier alpha value is -2.45. The van der Waals surface area contributed by atoms with Crippen LogP contribution in [0.1, 0.15) is 11.6 Å². The molecule has 0 amide bonds. The number of hydrogen-bond acceptors (Lipinski definition) is 4. The molecule has 1 aliphatic heterocycles. The van der Waals surface area contributed by atoms with Crippen LogP contribution in [-0.4, -0.2) is 49.1 Å². The number of halogens is 1. The molecule has 0 spiro atoms. The molecule has 4 rings (SSSR count). The molecule has 0 saturated carbocycles. The lowest BCUT2D eigenvalue weighted by molar-refractivity contribution is 0.263. The van der Waals surface area contributed by atoms with E-state index in [1.807, 2.05) is 12.1 Å². The molecule has 1 aromatic carbocycles. The maximum absolute atomic E-state index is 13.8. The summed E-state index contributed by atoms with van der Waals surface area (Å²) in [6.07, 6.45) is 2.87. The van der Waals surface area contributed by atoms with Gasteiger partial charge in [0.25, 0.3) is 0 Å². The van der Waals surface area contributed by atoms with Crippen LogP contribution in [0.25, 0.3) is 22.2 Å². The lowest BCUT2D eigenvalue weighted by Crippen LogP contribution is -2.47. The topological polar surface area (TPSA) is 75.3 Å². The van der Waals surface area contributed by atoms with Crippen LogP contribution in [0.5, 0.6) is 5.75 Å². The van der Waals surface area contributed by atoms with Gasteiger partial charge in [0.05, 0.1) is 13.4 Å². The van der Waals surface area contributed by atoms with E-state index in [9.17, 15) is 12.8 Å². The quantitative estimate of drug-likeness (QED) is 0.761. The number of nitrogens with one attached hydrogen (secondary N) is 1. The predicted molar refractivity (Wildman–Crippen MR) is 97.2 cm³/mol. The Labute approximate surface area is 150 Å². The van der Waals surface area contributed by atoms with Crippen LogP contribution in [0.2, 0.25) is 0 Å². The fourth-order valence-corrected chi connectivity index (χ4v) is 4.20. The number of H-pyrrole nitrogens is 1. The summed E-state index contributed by atoms with van der Waals surface area (Å²) in [6, 6.07) is 8.18. The Balaban J connectivity index is 1.75. The number of benzene rings is 1. The smallest absolute Gasteiger partial charge is 0.211 e. The number of methoxy groups -OCH3 is 1. The molecule has 1 saturated heterocycles. The first kappa shape index (κ1) is 17.0. The number of pyridine rings is 1. The van der Waals surface area contributed by atoms with Crippen molar-refractivity contribution in [2.45, 2.75) is 5.92 Å². The first-order valence-electron chi connectivity index (χ1n) is 8.13. The second-order valence-corrected chi connectivity index (χ2v) is 8.45. The third-order valence-corrected chi connectivity index (χ3v) is 6.00. The third-order valence-electron chi connectivity index (χ3n) is 4.76. The van der Waals surface area contributed by atoms with Gasteiger partial charge in [-0.25, -0.2) is 22.1 Å². The highest BCUT2D eigenvalue weighted by molar-refractivity contribution is 7.88. The maximum atomic E-state index is 13.8. The van der Waals surface area contributed by atoms with Gasteiger partial charge in [-0.1, -0.05) is 0 Å².